The number of ether oxygens (including phenoxy) is 1. The molecule has 0 amide bonds. The topological polar surface area (TPSA) is 45.7 Å². The molecule has 1 aliphatic heterocycles. The molecule has 2 N–H and O–H groups in total. The number of halogens is 2. The van der Waals surface area contributed by atoms with E-state index in [1.165, 1.54) is 12.3 Å². The standard InChI is InChI=1S/C13H15F2N3OS/c14-11-4-3-9(6-12(11)15)7-17-18-13(20)16-8-10-2-1-5-19-10/h3-4,6-7,10H,1-2,5,8H2,(H2,16,18,20)/b17-7-/t10-/m0/s1. The highest BCUT2D eigenvalue weighted by atomic mass is 32.1. The van der Waals surface area contributed by atoms with Gasteiger partial charge in [0.2, 0.25) is 0 Å². The maximum absolute atomic E-state index is 12.9. The Morgan fingerprint density at radius 1 is 1.45 bits per heavy atom. The van der Waals surface area contributed by atoms with E-state index in [9.17, 15) is 8.78 Å². The van der Waals surface area contributed by atoms with Crippen molar-refractivity contribution in [2.24, 2.45) is 5.10 Å². The molecule has 0 saturated carbocycles. The fourth-order valence-electron chi connectivity index (χ4n) is 1.81. The zero-order valence-corrected chi connectivity index (χ0v) is 11.6. The zero-order valence-electron chi connectivity index (χ0n) is 10.7. The van der Waals surface area contributed by atoms with Crippen LogP contribution in [0.25, 0.3) is 0 Å². The van der Waals surface area contributed by atoms with Crippen molar-refractivity contribution in [1.82, 2.24) is 10.7 Å². The maximum atomic E-state index is 12.9. The van der Waals surface area contributed by atoms with Crippen LogP contribution in [-0.4, -0.2) is 30.6 Å². The van der Waals surface area contributed by atoms with Crippen molar-refractivity contribution in [1.29, 1.82) is 0 Å². The molecular weight excluding hydrogens is 284 g/mol. The Bertz CT molecular complexity index is 504. The summed E-state index contributed by atoms with van der Waals surface area (Å²) in [5.41, 5.74) is 3.05. The predicted molar refractivity (Wildman–Crippen MR) is 76.7 cm³/mol. The normalized spacial score (nSPS) is 18.4. The average Bonchev–Trinajstić information content (AvgIpc) is 2.94. The van der Waals surface area contributed by atoms with E-state index in [1.54, 1.807) is 0 Å². The Morgan fingerprint density at radius 3 is 3.00 bits per heavy atom. The summed E-state index contributed by atoms with van der Waals surface area (Å²) in [5, 5.41) is 7.19. The second-order valence-electron chi connectivity index (χ2n) is 4.39. The molecule has 1 aromatic carbocycles. The molecule has 0 bridgehead atoms. The van der Waals surface area contributed by atoms with Gasteiger partial charge in [-0.1, -0.05) is 6.07 Å². The van der Waals surface area contributed by atoms with E-state index < -0.39 is 11.6 Å². The third kappa shape index (κ3) is 4.50. The van der Waals surface area contributed by atoms with Gasteiger partial charge in [0.25, 0.3) is 0 Å². The summed E-state index contributed by atoms with van der Waals surface area (Å²) in [6, 6.07) is 3.53. The molecule has 1 atom stereocenters. The number of nitrogens with zero attached hydrogens (tertiary/aromatic N) is 1. The fourth-order valence-corrected chi connectivity index (χ4v) is 1.95. The number of hydrazone groups is 1. The van der Waals surface area contributed by atoms with Crippen LogP contribution in [0.4, 0.5) is 8.78 Å². The van der Waals surface area contributed by atoms with Crippen LogP contribution in [0.3, 0.4) is 0 Å². The molecule has 1 heterocycles. The van der Waals surface area contributed by atoms with Gasteiger partial charge in [0.1, 0.15) is 0 Å². The van der Waals surface area contributed by atoms with Gasteiger partial charge in [-0.25, -0.2) is 8.78 Å². The minimum absolute atomic E-state index is 0.185. The summed E-state index contributed by atoms with van der Waals surface area (Å²) < 4.78 is 31.1. The van der Waals surface area contributed by atoms with Crippen molar-refractivity contribution < 1.29 is 13.5 Å². The Hall–Kier alpha value is -1.60. The van der Waals surface area contributed by atoms with Crippen molar-refractivity contribution in [3.05, 3.63) is 35.4 Å². The van der Waals surface area contributed by atoms with Crippen molar-refractivity contribution in [3.63, 3.8) is 0 Å². The van der Waals surface area contributed by atoms with Gasteiger partial charge in [-0.15, -0.1) is 0 Å². The maximum Gasteiger partial charge on any atom is 0.187 e. The molecule has 1 aromatic rings. The number of nitrogens with one attached hydrogen (secondary N) is 2. The molecule has 108 valence electrons. The van der Waals surface area contributed by atoms with Gasteiger partial charge < -0.3 is 10.1 Å². The van der Waals surface area contributed by atoms with Crippen LogP contribution in [0, 0.1) is 11.6 Å². The monoisotopic (exact) mass is 299 g/mol. The number of rotatable bonds is 4. The van der Waals surface area contributed by atoms with E-state index in [1.807, 2.05) is 0 Å². The molecule has 0 radical (unpaired) electrons. The van der Waals surface area contributed by atoms with E-state index in [4.69, 9.17) is 17.0 Å². The fraction of sp³-hybridized carbons (Fsp3) is 0.385. The van der Waals surface area contributed by atoms with Gasteiger partial charge in [0.05, 0.1) is 12.3 Å². The second-order valence-corrected chi connectivity index (χ2v) is 4.80. The van der Waals surface area contributed by atoms with E-state index in [0.29, 0.717) is 17.2 Å². The van der Waals surface area contributed by atoms with Gasteiger partial charge >= 0.3 is 0 Å². The van der Waals surface area contributed by atoms with Gasteiger partial charge in [0, 0.05) is 13.2 Å². The first-order valence-corrected chi connectivity index (χ1v) is 6.69. The molecule has 0 aliphatic carbocycles. The lowest BCUT2D eigenvalue weighted by molar-refractivity contribution is 0.114. The van der Waals surface area contributed by atoms with E-state index in [2.05, 4.69) is 15.8 Å². The van der Waals surface area contributed by atoms with Crippen LogP contribution in [0.15, 0.2) is 23.3 Å². The number of hydrogen-bond acceptors (Lipinski definition) is 3. The first kappa shape index (κ1) is 14.8. The van der Waals surface area contributed by atoms with Gasteiger partial charge in [-0.05, 0) is 42.8 Å². The smallest absolute Gasteiger partial charge is 0.187 e. The van der Waals surface area contributed by atoms with Crippen LogP contribution in [0.2, 0.25) is 0 Å². The third-order valence-electron chi connectivity index (χ3n) is 2.84. The van der Waals surface area contributed by atoms with Crippen molar-refractivity contribution >= 4 is 23.5 Å². The molecule has 0 aromatic heterocycles. The quantitative estimate of drug-likeness (QED) is 0.507. The van der Waals surface area contributed by atoms with Crippen molar-refractivity contribution in [3.8, 4) is 0 Å². The molecular formula is C13H15F2N3OS. The van der Waals surface area contributed by atoms with E-state index >= 15 is 0 Å². The molecule has 2 rings (SSSR count). The SMILES string of the molecule is Fc1ccc(/C=N\NC(=S)NC[C@@H]2CCCO2)cc1F. The molecule has 1 fully saturated rings. The molecule has 1 saturated heterocycles. The van der Waals surface area contributed by atoms with Crippen LogP contribution in [0.1, 0.15) is 18.4 Å². The zero-order chi connectivity index (χ0) is 14.4. The predicted octanol–water partition coefficient (Wildman–Crippen LogP) is 1.94. The van der Waals surface area contributed by atoms with Crippen molar-refractivity contribution in [2.45, 2.75) is 18.9 Å². The Balaban J connectivity index is 1.74. The van der Waals surface area contributed by atoms with Gasteiger partial charge in [-0.2, -0.15) is 5.10 Å². The lowest BCUT2D eigenvalue weighted by atomic mass is 10.2. The molecule has 0 spiro atoms. The second kappa shape index (κ2) is 7.25. The summed E-state index contributed by atoms with van der Waals surface area (Å²) in [6.45, 7) is 1.42. The Kier molecular flexibility index (Phi) is 5.37. The summed E-state index contributed by atoms with van der Waals surface area (Å²) in [4.78, 5) is 0. The first-order valence-electron chi connectivity index (χ1n) is 6.29. The molecule has 1 aliphatic rings. The molecule has 4 nitrogen and oxygen atoms in total. The van der Waals surface area contributed by atoms with Crippen LogP contribution in [0.5, 0.6) is 0 Å². The highest BCUT2D eigenvalue weighted by Crippen LogP contribution is 2.10. The van der Waals surface area contributed by atoms with Crippen LogP contribution < -0.4 is 10.7 Å². The highest BCUT2D eigenvalue weighted by molar-refractivity contribution is 7.80. The number of thiocarbonyl (C=S) groups is 1. The third-order valence-corrected chi connectivity index (χ3v) is 3.07. The summed E-state index contributed by atoms with van der Waals surface area (Å²) >= 11 is 5.02. The minimum Gasteiger partial charge on any atom is -0.376 e. The first-order chi connectivity index (χ1) is 9.65. The largest absolute Gasteiger partial charge is 0.376 e. The highest BCUT2D eigenvalue weighted by Gasteiger charge is 2.14. The Labute approximate surface area is 121 Å². The van der Waals surface area contributed by atoms with Crippen molar-refractivity contribution in [2.75, 3.05) is 13.2 Å². The van der Waals surface area contributed by atoms with Gasteiger partial charge in [-0.3, -0.25) is 5.43 Å². The minimum atomic E-state index is -0.909. The molecule has 0 unspecified atom stereocenters. The van der Waals surface area contributed by atoms with Crippen LogP contribution in [-0.2, 0) is 4.74 Å². The Morgan fingerprint density at radius 2 is 2.30 bits per heavy atom. The molecule has 20 heavy (non-hydrogen) atoms. The number of benzene rings is 1. The van der Waals surface area contributed by atoms with E-state index in [0.717, 1.165) is 31.6 Å². The average molecular weight is 299 g/mol. The van der Waals surface area contributed by atoms with Gasteiger partial charge in [0.15, 0.2) is 16.7 Å². The summed E-state index contributed by atoms with van der Waals surface area (Å²) in [5.74, 6) is -1.79. The summed E-state index contributed by atoms with van der Waals surface area (Å²) in [7, 11) is 0. The summed E-state index contributed by atoms with van der Waals surface area (Å²) in [6.07, 6.45) is 3.64. The molecule has 7 heteroatoms. The lowest BCUT2D eigenvalue weighted by Gasteiger charge is -2.11. The van der Waals surface area contributed by atoms with Crippen LogP contribution >= 0.6 is 12.2 Å². The number of hydrogen-bond donors (Lipinski definition) is 2. The lowest BCUT2D eigenvalue weighted by Crippen LogP contribution is -2.37. The van der Waals surface area contributed by atoms with E-state index in [-0.39, 0.29) is 6.10 Å².